The summed E-state index contributed by atoms with van der Waals surface area (Å²) in [6.45, 7) is 6.82. The van der Waals surface area contributed by atoms with Crippen molar-refractivity contribution in [3.63, 3.8) is 0 Å². The molecule has 1 aromatic carbocycles. The van der Waals surface area contributed by atoms with Crippen LogP contribution in [0.4, 0.5) is 10.2 Å². The average molecular weight is 519 g/mol. The lowest BCUT2D eigenvalue weighted by Crippen LogP contribution is -2.52. The Morgan fingerprint density at radius 2 is 1.95 bits per heavy atom. The zero-order chi connectivity index (χ0) is 26.5. The van der Waals surface area contributed by atoms with Gasteiger partial charge in [-0.15, -0.1) is 0 Å². The van der Waals surface area contributed by atoms with Crippen LogP contribution in [-0.4, -0.2) is 61.9 Å². The summed E-state index contributed by atoms with van der Waals surface area (Å²) in [6.07, 6.45) is 11.8. The minimum atomic E-state index is -0.469. The summed E-state index contributed by atoms with van der Waals surface area (Å²) < 4.78 is 31.4. The monoisotopic (exact) mass is 518 g/mol. The van der Waals surface area contributed by atoms with Crippen LogP contribution < -0.4 is 14.4 Å². The van der Waals surface area contributed by atoms with Gasteiger partial charge in [0.2, 0.25) is 5.88 Å². The molecule has 3 aliphatic rings. The van der Waals surface area contributed by atoms with Crippen LogP contribution in [-0.2, 0) is 11.3 Å². The maximum absolute atomic E-state index is 14.3. The summed E-state index contributed by atoms with van der Waals surface area (Å²) in [5.41, 5.74) is 0.645. The number of nitriles is 1. The Bertz CT molecular complexity index is 1210. The molecule has 0 N–H and O–H groups in total. The van der Waals surface area contributed by atoms with E-state index >= 15 is 0 Å². The second-order valence-electron chi connectivity index (χ2n) is 10.2. The number of allylic oxidation sites excluding steroid dienone is 3. The normalized spacial score (nSPS) is 23.9. The van der Waals surface area contributed by atoms with Crippen molar-refractivity contribution in [1.29, 1.82) is 5.26 Å². The van der Waals surface area contributed by atoms with E-state index in [2.05, 4.69) is 41.0 Å². The van der Waals surface area contributed by atoms with E-state index < -0.39 is 5.82 Å². The van der Waals surface area contributed by atoms with Crippen molar-refractivity contribution in [1.82, 2.24) is 9.88 Å². The van der Waals surface area contributed by atoms with Crippen LogP contribution >= 0.6 is 0 Å². The third-order valence-electron chi connectivity index (χ3n) is 7.95. The average Bonchev–Trinajstić information content (AvgIpc) is 2.94. The van der Waals surface area contributed by atoms with E-state index in [1.54, 1.807) is 25.3 Å². The third-order valence-corrected chi connectivity index (χ3v) is 7.95. The molecule has 2 saturated heterocycles. The number of aromatic nitrogens is 1. The van der Waals surface area contributed by atoms with Crippen molar-refractivity contribution in [2.45, 2.75) is 38.5 Å². The molecule has 1 aromatic heterocycles. The van der Waals surface area contributed by atoms with E-state index in [4.69, 9.17) is 24.5 Å². The molecule has 0 spiro atoms. The van der Waals surface area contributed by atoms with Crippen molar-refractivity contribution >= 4 is 5.82 Å². The molecule has 7 nitrogen and oxygen atoms in total. The number of pyridine rings is 1. The van der Waals surface area contributed by atoms with Crippen LogP contribution in [0.15, 0.2) is 54.6 Å². The van der Waals surface area contributed by atoms with Gasteiger partial charge in [0.15, 0.2) is 0 Å². The molecule has 0 radical (unpaired) electrons. The molecule has 0 bridgehead atoms. The molecule has 4 atom stereocenters. The van der Waals surface area contributed by atoms with Crippen LogP contribution in [0.5, 0.6) is 11.6 Å². The van der Waals surface area contributed by atoms with Crippen molar-refractivity contribution < 1.29 is 18.6 Å². The minimum absolute atomic E-state index is 0.0128. The van der Waals surface area contributed by atoms with Crippen molar-refractivity contribution in [3.8, 4) is 17.7 Å². The summed E-state index contributed by atoms with van der Waals surface area (Å²) in [5.74, 6) is 2.32. The molecule has 2 fully saturated rings. The summed E-state index contributed by atoms with van der Waals surface area (Å²) in [5, 5.41) is 8.95. The van der Waals surface area contributed by atoms with Gasteiger partial charge in [0, 0.05) is 56.5 Å². The van der Waals surface area contributed by atoms with E-state index in [1.165, 1.54) is 12.5 Å². The Morgan fingerprint density at radius 3 is 2.63 bits per heavy atom. The lowest BCUT2D eigenvalue weighted by Gasteiger charge is -2.43. The van der Waals surface area contributed by atoms with Gasteiger partial charge in [-0.3, -0.25) is 4.90 Å². The van der Waals surface area contributed by atoms with Gasteiger partial charge in [-0.2, -0.15) is 10.2 Å². The fourth-order valence-electron chi connectivity index (χ4n) is 5.51. The number of halogens is 1. The van der Waals surface area contributed by atoms with Gasteiger partial charge >= 0.3 is 0 Å². The zero-order valence-electron chi connectivity index (χ0n) is 22.1. The highest BCUT2D eigenvalue weighted by Crippen LogP contribution is 2.33. The molecule has 1 aliphatic carbocycles. The predicted molar refractivity (Wildman–Crippen MR) is 144 cm³/mol. The lowest BCUT2D eigenvalue weighted by atomic mass is 9.78. The van der Waals surface area contributed by atoms with E-state index in [-0.39, 0.29) is 12.2 Å². The van der Waals surface area contributed by atoms with Gasteiger partial charge in [-0.25, -0.2) is 4.39 Å². The number of ether oxygens (including phenoxy) is 3. The Labute approximate surface area is 224 Å². The van der Waals surface area contributed by atoms with Gasteiger partial charge in [0.05, 0.1) is 24.8 Å². The number of nitrogens with zero attached hydrogens (tertiary/aromatic N) is 4. The van der Waals surface area contributed by atoms with Crippen LogP contribution in [0.3, 0.4) is 0 Å². The van der Waals surface area contributed by atoms with Gasteiger partial charge in [-0.05, 0) is 43.7 Å². The lowest BCUT2D eigenvalue weighted by molar-refractivity contribution is -0.0640. The number of hydrogen-bond acceptors (Lipinski definition) is 7. The predicted octanol–water partition coefficient (Wildman–Crippen LogP) is 4.73. The Balaban J connectivity index is 1.20. The van der Waals surface area contributed by atoms with Crippen LogP contribution in [0.1, 0.15) is 30.9 Å². The first-order valence-corrected chi connectivity index (χ1v) is 13.4. The largest absolute Gasteiger partial charge is 0.496 e. The molecular weight excluding hydrogens is 483 g/mol. The maximum atomic E-state index is 14.3. The van der Waals surface area contributed by atoms with Crippen LogP contribution in [0.2, 0.25) is 0 Å². The molecule has 0 saturated carbocycles. The molecule has 2 aromatic rings. The molecule has 3 heterocycles. The number of hydrogen-bond donors (Lipinski definition) is 0. The van der Waals surface area contributed by atoms with Crippen molar-refractivity contribution in [2.24, 2.45) is 11.8 Å². The van der Waals surface area contributed by atoms with E-state index in [0.717, 1.165) is 45.0 Å². The molecule has 38 heavy (non-hydrogen) atoms. The van der Waals surface area contributed by atoms with Gasteiger partial charge in [-0.1, -0.05) is 30.4 Å². The first-order valence-electron chi connectivity index (χ1n) is 13.4. The second kappa shape index (κ2) is 12.0. The number of methoxy groups -OCH3 is 1. The molecule has 8 heteroatoms. The number of anilines is 1. The summed E-state index contributed by atoms with van der Waals surface area (Å²) in [7, 11) is 1.61. The fraction of sp³-hybridized carbons (Fsp3) is 0.467. The first kappa shape index (κ1) is 26.2. The topological polar surface area (TPSA) is 70.9 Å². The smallest absolute Gasteiger partial charge is 0.219 e. The molecule has 5 rings (SSSR count). The number of rotatable bonds is 9. The Kier molecular flexibility index (Phi) is 8.26. The van der Waals surface area contributed by atoms with Gasteiger partial charge < -0.3 is 19.1 Å². The highest BCUT2D eigenvalue weighted by atomic mass is 19.1. The fourth-order valence-corrected chi connectivity index (χ4v) is 5.51. The zero-order valence-corrected chi connectivity index (χ0v) is 22.1. The highest BCUT2D eigenvalue weighted by molar-refractivity contribution is 5.47. The minimum Gasteiger partial charge on any atom is -0.496 e. The molecule has 2 unspecified atom stereocenters. The Hall–Kier alpha value is -3.41. The molecule has 0 amide bonds. The van der Waals surface area contributed by atoms with E-state index in [1.807, 2.05) is 12.1 Å². The first-order chi connectivity index (χ1) is 18.5. The van der Waals surface area contributed by atoms with E-state index in [9.17, 15) is 4.39 Å². The SMILES string of the molecule is COc1cc(OCc2ccc(C#N)cc2F)nc(N2CCN([C@@H](C)C3C=CC=CC3C[C@H]3CCO3)CC2)c1. The standard InChI is InChI=1S/C30H35FN4O3/c1-21(27-6-4-3-5-23(27)16-25-9-14-37-25)34-10-12-35(13-11-34)29-17-26(36-2)18-30(33-29)38-20-24-8-7-22(19-32)15-28(24)31/h3-8,15,17-18,21,23,25,27H,9-14,16,20H2,1-2H3/t21-,23?,25+,27?/m0/s1. The second-order valence-corrected chi connectivity index (χ2v) is 10.2. The number of benzene rings is 1. The summed E-state index contributed by atoms with van der Waals surface area (Å²) in [4.78, 5) is 9.52. The summed E-state index contributed by atoms with van der Waals surface area (Å²) in [6, 6.07) is 10.4. The van der Waals surface area contributed by atoms with E-state index in [0.29, 0.717) is 41.2 Å². The summed E-state index contributed by atoms with van der Waals surface area (Å²) >= 11 is 0. The Morgan fingerprint density at radius 1 is 1.16 bits per heavy atom. The highest BCUT2D eigenvalue weighted by Gasteiger charge is 2.33. The van der Waals surface area contributed by atoms with Crippen LogP contribution in [0.25, 0.3) is 0 Å². The van der Waals surface area contributed by atoms with Crippen LogP contribution in [0, 0.1) is 29.0 Å². The van der Waals surface area contributed by atoms with Gasteiger partial charge in [0.25, 0.3) is 0 Å². The molecular formula is C30H35FN4O3. The third kappa shape index (κ3) is 6.01. The molecule has 2 aliphatic heterocycles. The van der Waals surface area contributed by atoms with Gasteiger partial charge in [0.1, 0.15) is 24.0 Å². The maximum Gasteiger partial charge on any atom is 0.219 e. The quantitative estimate of drug-likeness (QED) is 0.475. The molecule has 200 valence electrons. The number of piperazine rings is 1. The van der Waals surface area contributed by atoms with Crippen molar-refractivity contribution in [3.05, 3.63) is 71.6 Å². The van der Waals surface area contributed by atoms with Crippen molar-refractivity contribution in [2.75, 3.05) is 44.8 Å².